The van der Waals surface area contributed by atoms with E-state index >= 15 is 0 Å². The number of hydrogen-bond donors (Lipinski definition) is 1. The molecule has 2 aromatic rings. The van der Waals surface area contributed by atoms with Crippen LogP contribution < -0.4 is 10.2 Å². The van der Waals surface area contributed by atoms with E-state index < -0.39 is 11.7 Å². The number of urea groups is 1. The summed E-state index contributed by atoms with van der Waals surface area (Å²) in [5, 5.41) is 2.69. The Morgan fingerprint density at radius 3 is 2.67 bits per heavy atom. The minimum absolute atomic E-state index is 0.00551. The van der Waals surface area contributed by atoms with Crippen molar-refractivity contribution >= 4 is 23.4 Å². The Labute approximate surface area is 157 Å². The van der Waals surface area contributed by atoms with Crippen LogP contribution in [0.4, 0.5) is 20.7 Å². The molecule has 6 nitrogen and oxygen atoms in total. The molecule has 1 saturated carbocycles. The highest BCUT2D eigenvalue weighted by Crippen LogP contribution is 2.28. The highest BCUT2D eigenvalue weighted by atomic mass is 19.1. The summed E-state index contributed by atoms with van der Waals surface area (Å²) in [6.07, 6.45) is 6.05. The van der Waals surface area contributed by atoms with Gasteiger partial charge in [0.05, 0.1) is 11.9 Å². The Bertz CT molecular complexity index is 849. The number of anilines is 2. The summed E-state index contributed by atoms with van der Waals surface area (Å²) in [4.78, 5) is 32.8. The van der Waals surface area contributed by atoms with Crippen molar-refractivity contribution in [1.82, 2.24) is 9.88 Å². The minimum Gasteiger partial charge on any atom is -0.321 e. The molecule has 1 N–H and O–H groups in total. The number of halogens is 1. The van der Waals surface area contributed by atoms with Crippen LogP contribution in [0.2, 0.25) is 0 Å². The molecule has 2 heterocycles. The van der Waals surface area contributed by atoms with Crippen LogP contribution in [0.25, 0.3) is 0 Å². The quantitative estimate of drug-likeness (QED) is 0.896. The number of aromatic nitrogens is 1. The monoisotopic (exact) mass is 368 g/mol. The fourth-order valence-electron chi connectivity index (χ4n) is 3.77. The van der Waals surface area contributed by atoms with Crippen molar-refractivity contribution in [1.29, 1.82) is 0 Å². The van der Waals surface area contributed by atoms with Crippen molar-refractivity contribution in [2.45, 2.75) is 31.7 Å². The van der Waals surface area contributed by atoms with Crippen LogP contribution in [0.3, 0.4) is 0 Å². The zero-order valence-corrected chi connectivity index (χ0v) is 14.9. The smallest absolute Gasteiger partial charge is 0.321 e. The summed E-state index contributed by atoms with van der Waals surface area (Å²) in [7, 11) is 0. The number of hydrogen-bond acceptors (Lipinski definition) is 3. The number of benzene rings is 1. The predicted molar refractivity (Wildman–Crippen MR) is 100 cm³/mol. The third-order valence-electron chi connectivity index (χ3n) is 5.18. The predicted octanol–water partition coefficient (Wildman–Crippen LogP) is 3.66. The lowest BCUT2D eigenvalue weighted by molar-refractivity contribution is 0.102. The second kappa shape index (κ2) is 7.34. The molecular weight excluding hydrogens is 347 g/mol. The number of nitrogens with one attached hydrogen (secondary N) is 1. The Morgan fingerprint density at radius 2 is 1.96 bits per heavy atom. The Kier molecular flexibility index (Phi) is 4.75. The van der Waals surface area contributed by atoms with Gasteiger partial charge in [0.2, 0.25) is 0 Å². The lowest BCUT2D eigenvalue weighted by Gasteiger charge is -2.23. The van der Waals surface area contributed by atoms with Gasteiger partial charge in [-0.15, -0.1) is 0 Å². The van der Waals surface area contributed by atoms with E-state index in [1.54, 1.807) is 23.1 Å². The number of nitrogens with zero attached hydrogens (tertiary/aromatic N) is 3. The summed E-state index contributed by atoms with van der Waals surface area (Å²) in [5.41, 5.74) is 0.730. The molecule has 0 spiro atoms. The van der Waals surface area contributed by atoms with Crippen molar-refractivity contribution in [2.24, 2.45) is 0 Å². The van der Waals surface area contributed by atoms with Gasteiger partial charge >= 0.3 is 6.03 Å². The Balaban J connectivity index is 1.42. The third kappa shape index (κ3) is 3.63. The van der Waals surface area contributed by atoms with Crippen molar-refractivity contribution in [3.8, 4) is 0 Å². The van der Waals surface area contributed by atoms with Crippen LogP contribution >= 0.6 is 0 Å². The molecule has 1 aliphatic heterocycles. The normalized spacial score (nSPS) is 17.6. The largest absolute Gasteiger partial charge is 0.326 e. The molecule has 27 heavy (non-hydrogen) atoms. The van der Waals surface area contributed by atoms with Crippen LogP contribution in [-0.2, 0) is 0 Å². The molecule has 0 radical (unpaired) electrons. The van der Waals surface area contributed by atoms with Crippen LogP contribution in [0.15, 0.2) is 42.6 Å². The highest BCUT2D eigenvalue weighted by Gasteiger charge is 2.36. The van der Waals surface area contributed by atoms with E-state index in [0.29, 0.717) is 24.1 Å². The lowest BCUT2D eigenvalue weighted by atomic mass is 10.2. The van der Waals surface area contributed by atoms with Gasteiger partial charge in [0, 0.05) is 24.7 Å². The first-order chi connectivity index (χ1) is 13.1. The van der Waals surface area contributed by atoms with Gasteiger partial charge in [0.25, 0.3) is 5.91 Å². The van der Waals surface area contributed by atoms with E-state index in [9.17, 15) is 14.0 Å². The molecule has 1 aromatic heterocycles. The van der Waals surface area contributed by atoms with Crippen LogP contribution in [0.5, 0.6) is 0 Å². The van der Waals surface area contributed by atoms with E-state index in [1.165, 1.54) is 37.2 Å². The van der Waals surface area contributed by atoms with Crippen molar-refractivity contribution in [3.05, 3.63) is 54.0 Å². The number of carbonyl (C=O) groups is 2. The van der Waals surface area contributed by atoms with Crippen molar-refractivity contribution in [3.63, 3.8) is 0 Å². The van der Waals surface area contributed by atoms with Crippen LogP contribution in [0.1, 0.15) is 36.0 Å². The van der Waals surface area contributed by atoms with Crippen LogP contribution in [-0.4, -0.2) is 41.0 Å². The van der Waals surface area contributed by atoms with E-state index in [4.69, 9.17) is 0 Å². The molecule has 2 fully saturated rings. The first-order valence-electron chi connectivity index (χ1n) is 9.23. The molecule has 0 unspecified atom stereocenters. The number of amides is 3. The molecule has 1 saturated heterocycles. The Morgan fingerprint density at radius 1 is 1.15 bits per heavy atom. The fourth-order valence-corrected chi connectivity index (χ4v) is 3.77. The summed E-state index contributed by atoms with van der Waals surface area (Å²) in [5.74, 6) is -0.298. The molecule has 7 heteroatoms. The summed E-state index contributed by atoms with van der Waals surface area (Å²) in [6.45, 7) is 1.35. The van der Waals surface area contributed by atoms with Gasteiger partial charge in [-0.05, 0) is 43.2 Å². The van der Waals surface area contributed by atoms with Crippen molar-refractivity contribution in [2.75, 3.05) is 23.3 Å². The number of pyridine rings is 1. The molecule has 1 aliphatic carbocycles. The molecule has 4 rings (SSSR count). The lowest BCUT2D eigenvalue weighted by Crippen LogP contribution is -2.38. The maximum atomic E-state index is 13.2. The third-order valence-corrected chi connectivity index (χ3v) is 5.18. The topological polar surface area (TPSA) is 65.5 Å². The molecule has 140 valence electrons. The number of carbonyl (C=O) groups excluding carboxylic acids is 2. The first kappa shape index (κ1) is 17.5. The molecule has 3 amide bonds. The van der Waals surface area contributed by atoms with Crippen molar-refractivity contribution < 1.29 is 14.0 Å². The van der Waals surface area contributed by atoms with E-state index in [-0.39, 0.29) is 11.6 Å². The van der Waals surface area contributed by atoms with Gasteiger partial charge in [0.1, 0.15) is 11.6 Å². The van der Waals surface area contributed by atoms with Gasteiger partial charge in [-0.1, -0.05) is 18.9 Å². The maximum Gasteiger partial charge on any atom is 0.326 e. The minimum atomic E-state index is -0.463. The molecule has 0 bridgehead atoms. The molecule has 0 atom stereocenters. The SMILES string of the molecule is O=C(Nc1ccc(N2CCN(C3CCCC3)C2=O)nc1)c1cccc(F)c1. The van der Waals surface area contributed by atoms with Gasteiger partial charge < -0.3 is 10.2 Å². The second-order valence-corrected chi connectivity index (χ2v) is 6.94. The van der Waals surface area contributed by atoms with Gasteiger partial charge in [-0.3, -0.25) is 9.69 Å². The zero-order valence-electron chi connectivity index (χ0n) is 14.9. The molecular formula is C20H21FN4O2. The summed E-state index contributed by atoms with van der Waals surface area (Å²) >= 11 is 0. The van der Waals surface area contributed by atoms with E-state index in [1.807, 2.05) is 4.90 Å². The number of rotatable bonds is 4. The highest BCUT2D eigenvalue weighted by molar-refractivity contribution is 6.04. The standard InChI is InChI=1S/C20H21FN4O2/c21-15-5-3-4-14(12-15)19(26)23-16-8-9-18(22-13-16)25-11-10-24(20(25)27)17-6-1-2-7-17/h3-5,8-9,12-13,17H,1-2,6-7,10-11H2,(H,23,26). The maximum absolute atomic E-state index is 13.2. The van der Waals surface area contributed by atoms with Crippen LogP contribution in [0, 0.1) is 5.82 Å². The average molecular weight is 368 g/mol. The first-order valence-corrected chi connectivity index (χ1v) is 9.23. The summed E-state index contributed by atoms with van der Waals surface area (Å²) < 4.78 is 13.2. The zero-order chi connectivity index (χ0) is 18.8. The second-order valence-electron chi connectivity index (χ2n) is 6.94. The Hall–Kier alpha value is -2.96. The summed E-state index contributed by atoms with van der Waals surface area (Å²) in [6, 6.07) is 9.27. The van der Waals surface area contributed by atoms with Gasteiger partial charge in [-0.25, -0.2) is 14.2 Å². The fraction of sp³-hybridized carbons (Fsp3) is 0.350. The molecule has 1 aromatic carbocycles. The average Bonchev–Trinajstić information content (AvgIpc) is 3.32. The molecule has 2 aliphatic rings. The van der Waals surface area contributed by atoms with E-state index in [0.717, 1.165) is 19.4 Å². The van der Waals surface area contributed by atoms with E-state index in [2.05, 4.69) is 10.3 Å². The van der Waals surface area contributed by atoms with Gasteiger partial charge in [-0.2, -0.15) is 0 Å². The van der Waals surface area contributed by atoms with Gasteiger partial charge in [0.15, 0.2) is 0 Å².